The molecule has 0 radical (unpaired) electrons. The smallest absolute Gasteiger partial charge is 0.188 e. The Balaban J connectivity index is 1.16. The molecule has 0 saturated carbocycles. The molecule has 55 heavy (non-hydrogen) atoms. The van der Waals surface area contributed by atoms with Crippen LogP contribution in [0.1, 0.15) is 5.56 Å². The standard InChI is InChI=1S/C50H29N5/c1-52-34-22-24-49-42(29-34)43-30-35(53-45-18-8-3-13-38(45)39-14-4-9-19-46(39)53)23-25-50(43)54(49)36-27-32(31-51)26-33(28-36)37-12-2-7-17-44(37)55-47-20-10-5-15-40(47)41-16-6-11-21-48(41)55/h2-30H. The van der Waals surface area contributed by atoms with Crippen LogP contribution in [0.3, 0.4) is 0 Å². The van der Waals surface area contributed by atoms with Gasteiger partial charge in [0.05, 0.1) is 57.0 Å². The molecule has 5 nitrogen and oxygen atoms in total. The van der Waals surface area contributed by atoms with E-state index in [1.165, 1.54) is 21.5 Å². The number of hydrogen-bond acceptors (Lipinski definition) is 1. The molecule has 5 heteroatoms. The van der Waals surface area contributed by atoms with Crippen molar-refractivity contribution >= 4 is 71.1 Å². The van der Waals surface area contributed by atoms with Crippen LogP contribution in [-0.2, 0) is 0 Å². The summed E-state index contributed by atoms with van der Waals surface area (Å²) in [4.78, 5) is 3.81. The number of para-hydroxylation sites is 5. The Morgan fingerprint density at radius 3 is 1.51 bits per heavy atom. The molecule has 0 aliphatic heterocycles. The molecule has 8 aromatic carbocycles. The SMILES string of the molecule is [C-]#[N+]c1ccc2c(c1)c1cc(-n3c4ccccc4c4ccccc43)ccc1n2-c1cc(C#N)cc(-c2ccccc2-n2c3ccccc3c3ccccc32)c1. The highest BCUT2D eigenvalue weighted by atomic mass is 15.0. The van der Waals surface area contributed by atoms with Gasteiger partial charge in [-0.15, -0.1) is 0 Å². The Morgan fingerprint density at radius 1 is 0.418 bits per heavy atom. The van der Waals surface area contributed by atoms with Crippen LogP contribution in [0, 0.1) is 17.9 Å². The lowest BCUT2D eigenvalue weighted by Crippen LogP contribution is -1.99. The summed E-state index contributed by atoms with van der Waals surface area (Å²) < 4.78 is 6.90. The number of nitriles is 1. The van der Waals surface area contributed by atoms with Crippen LogP contribution in [0.15, 0.2) is 176 Å². The van der Waals surface area contributed by atoms with Gasteiger partial charge in [-0.25, -0.2) is 4.85 Å². The number of hydrogen-bond donors (Lipinski definition) is 0. The molecule has 0 amide bonds. The molecule has 0 saturated heterocycles. The van der Waals surface area contributed by atoms with E-state index >= 15 is 0 Å². The molecular formula is C50H29N5. The van der Waals surface area contributed by atoms with E-state index in [9.17, 15) is 5.26 Å². The van der Waals surface area contributed by atoms with Gasteiger partial charge in [0.1, 0.15) is 0 Å². The van der Waals surface area contributed by atoms with Crippen molar-refractivity contribution in [1.29, 1.82) is 5.26 Å². The third-order valence-corrected chi connectivity index (χ3v) is 11.0. The molecule has 0 aliphatic carbocycles. The van der Waals surface area contributed by atoms with Gasteiger partial charge in [-0.3, -0.25) is 0 Å². The molecule has 0 N–H and O–H groups in total. The molecule has 0 atom stereocenters. The van der Waals surface area contributed by atoms with E-state index in [1.54, 1.807) is 0 Å². The zero-order valence-electron chi connectivity index (χ0n) is 29.5. The van der Waals surface area contributed by atoms with E-state index in [1.807, 2.05) is 30.3 Å². The number of fused-ring (bicyclic) bond motifs is 9. The molecule has 11 aromatic rings. The van der Waals surface area contributed by atoms with Crippen LogP contribution in [0.2, 0.25) is 0 Å². The zero-order valence-corrected chi connectivity index (χ0v) is 29.5. The van der Waals surface area contributed by atoms with Gasteiger partial charge >= 0.3 is 0 Å². The predicted octanol–water partition coefficient (Wildman–Crippen LogP) is 13.1. The van der Waals surface area contributed by atoms with Crippen LogP contribution in [0.25, 0.3) is 98.5 Å². The Bertz CT molecular complexity index is 3360. The van der Waals surface area contributed by atoms with Crippen LogP contribution >= 0.6 is 0 Å². The lowest BCUT2D eigenvalue weighted by molar-refractivity contribution is 1.16. The highest BCUT2D eigenvalue weighted by Gasteiger charge is 2.20. The summed E-state index contributed by atoms with van der Waals surface area (Å²) in [6.45, 7) is 7.87. The molecule has 0 bridgehead atoms. The van der Waals surface area contributed by atoms with Crippen LogP contribution < -0.4 is 0 Å². The van der Waals surface area contributed by atoms with Crippen molar-refractivity contribution in [2.75, 3.05) is 0 Å². The van der Waals surface area contributed by atoms with Crippen molar-refractivity contribution in [3.63, 3.8) is 0 Å². The quantitative estimate of drug-likeness (QED) is 0.169. The summed E-state index contributed by atoms with van der Waals surface area (Å²) >= 11 is 0. The summed E-state index contributed by atoms with van der Waals surface area (Å²) in [5.41, 5.74) is 12.6. The molecule has 3 aromatic heterocycles. The molecule has 254 valence electrons. The minimum atomic E-state index is 0.569. The van der Waals surface area contributed by atoms with E-state index in [4.69, 9.17) is 6.57 Å². The second kappa shape index (κ2) is 11.8. The molecule has 0 fully saturated rings. The van der Waals surface area contributed by atoms with Gasteiger partial charge in [-0.2, -0.15) is 5.26 Å². The second-order valence-corrected chi connectivity index (χ2v) is 14.0. The lowest BCUT2D eigenvalue weighted by Gasteiger charge is -2.16. The van der Waals surface area contributed by atoms with Gasteiger partial charge in [0.15, 0.2) is 5.69 Å². The largest absolute Gasteiger partial charge is 0.309 e. The Morgan fingerprint density at radius 2 is 0.909 bits per heavy atom. The van der Waals surface area contributed by atoms with E-state index in [-0.39, 0.29) is 0 Å². The minimum absolute atomic E-state index is 0.569. The molecule has 3 heterocycles. The highest BCUT2D eigenvalue weighted by molar-refractivity contribution is 6.13. The van der Waals surface area contributed by atoms with Gasteiger partial charge in [0.2, 0.25) is 0 Å². The van der Waals surface area contributed by atoms with E-state index < -0.39 is 0 Å². The third kappa shape index (κ3) is 4.51. The average molecular weight is 700 g/mol. The highest BCUT2D eigenvalue weighted by Crippen LogP contribution is 2.41. The Labute approximate surface area is 316 Å². The molecular weight excluding hydrogens is 671 g/mol. The molecule has 0 unspecified atom stereocenters. The van der Waals surface area contributed by atoms with Gasteiger partial charge in [-0.05, 0) is 89.8 Å². The molecule has 11 rings (SSSR count). The number of benzene rings is 8. The zero-order chi connectivity index (χ0) is 36.6. The van der Waals surface area contributed by atoms with Crippen molar-refractivity contribution in [3.8, 4) is 34.3 Å². The maximum Gasteiger partial charge on any atom is 0.188 e. The topological polar surface area (TPSA) is 42.9 Å². The minimum Gasteiger partial charge on any atom is -0.309 e. The lowest BCUT2D eigenvalue weighted by atomic mass is 10.00. The fourth-order valence-corrected chi connectivity index (χ4v) is 8.74. The number of nitrogens with zero attached hydrogens (tertiary/aromatic N) is 5. The van der Waals surface area contributed by atoms with Crippen molar-refractivity contribution in [2.24, 2.45) is 0 Å². The first-order valence-electron chi connectivity index (χ1n) is 18.3. The van der Waals surface area contributed by atoms with Crippen LogP contribution in [0.4, 0.5) is 5.69 Å². The fraction of sp³-hybridized carbons (Fsp3) is 0. The molecule has 0 spiro atoms. The third-order valence-electron chi connectivity index (χ3n) is 11.0. The van der Waals surface area contributed by atoms with Crippen molar-refractivity contribution in [2.45, 2.75) is 0 Å². The van der Waals surface area contributed by atoms with Crippen molar-refractivity contribution in [3.05, 3.63) is 193 Å². The number of rotatable bonds is 4. The molecule has 0 aliphatic rings. The summed E-state index contributed by atoms with van der Waals surface area (Å²) in [6, 6.07) is 63.7. The van der Waals surface area contributed by atoms with Crippen molar-refractivity contribution in [1.82, 2.24) is 13.7 Å². The summed E-state index contributed by atoms with van der Waals surface area (Å²) in [7, 11) is 0. The van der Waals surface area contributed by atoms with Crippen LogP contribution in [0.5, 0.6) is 0 Å². The van der Waals surface area contributed by atoms with Crippen molar-refractivity contribution < 1.29 is 0 Å². The first kappa shape index (κ1) is 30.7. The maximum absolute atomic E-state index is 10.5. The van der Waals surface area contributed by atoms with Gasteiger partial charge < -0.3 is 13.7 Å². The van der Waals surface area contributed by atoms with Crippen LogP contribution in [-0.4, -0.2) is 13.7 Å². The first-order valence-corrected chi connectivity index (χ1v) is 18.3. The average Bonchev–Trinajstić information content (AvgIpc) is 3.88. The van der Waals surface area contributed by atoms with Gasteiger partial charge in [0.25, 0.3) is 0 Å². The Kier molecular flexibility index (Phi) is 6.61. The van der Waals surface area contributed by atoms with E-state index in [0.29, 0.717) is 11.3 Å². The summed E-state index contributed by atoms with van der Waals surface area (Å²) in [6.07, 6.45) is 0. The predicted molar refractivity (Wildman–Crippen MR) is 226 cm³/mol. The fourth-order valence-electron chi connectivity index (χ4n) is 8.74. The Hall–Kier alpha value is -7.86. The summed E-state index contributed by atoms with van der Waals surface area (Å²) in [5, 5.41) is 17.3. The second-order valence-electron chi connectivity index (χ2n) is 14.0. The van der Waals surface area contributed by atoms with E-state index in [0.717, 1.165) is 72.1 Å². The summed E-state index contributed by atoms with van der Waals surface area (Å²) in [5.74, 6) is 0. The first-order chi connectivity index (χ1) is 27.2. The van der Waals surface area contributed by atoms with Gasteiger partial charge in [-0.1, -0.05) is 97.1 Å². The van der Waals surface area contributed by atoms with Gasteiger partial charge in [0, 0.05) is 43.9 Å². The monoisotopic (exact) mass is 699 g/mol. The normalized spacial score (nSPS) is 11.6. The number of aromatic nitrogens is 3. The van der Waals surface area contributed by atoms with E-state index in [2.05, 4.69) is 170 Å². The maximum atomic E-state index is 10.5.